The lowest BCUT2D eigenvalue weighted by Gasteiger charge is -2.26. The standard InChI is InChI=1S/C42H27NO2/c1-3-10-28(11-4-1)30-18-22-32(23-19-30)43(33-24-20-31(21-25-33)29-12-5-2-6-13-29)37-16-9-15-34-35-26-27-39-40(42(35)45-41(34)37)36-14-7-8-17-38(36)44-39/h1-27H/i1D,2D,3D,4D,5D,6D,10D,11D,12D,13D. The number of para-hydroxylation sites is 2. The fraction of sp³-hybridized carbons (Fsp3) is 0. The van der Waals surface area contributed by atoms with Gasteiger partial charge in [-0.3, -0.25) is 0 Å². The molecule has 0 aliphatic rings. The van der Waals surface area contributed by atoms with Gasteiger partial charge in [0, 0.05) is 27.5 Å². The molecule has 0 saturated heterocycles. The second-order valence-corrected chi connectivity index (χ2v) is 10.6. The van der Waals surface area contributed by atoms with E-state index in [0.29, 0.717) is 44.9 Å². The maximum Gasteiger partial charge on any atom is 0.159 e. The number of fused-ring (bicyclic) bond motifs is 7. The van der Waals surface area contributed by atoms with E-state index < -0.39 is 36.3 Å². The van der Waals surface area contributed by atoms with Crippen molar-refractivity contribution in [2.24, 2.45) is 0 Å². The van der Waals surface area contributed by atoms with Gasteiger partial charge < -0.3 is 13.7 Å². The van der Waals surface area contributed by atoms with Crippen LogP contribution in [0.2, 0.25) is 0 Å². The number of nitrogens with zero attached hydrogens (tertiary/aromatic N) is 1. The van der Waals surface area contributed by atoms with Crippen molar-refractivity contribution in [2.45, 2.75) is 0 Å². The Morgan fingerprint density at radius 2 is 1.00 bits per heavy atom. The summed E-state index contributed by atoms with van der Waals surface area (Å²) in [4.78, 5) is 1.95. The molecule has 2 aromatic heterocycles. The van der Waals surface area contributed by atoms with E-state index in [4.69, 9.17) is 22.5 Å². The predicted molar refractivity (Wildman–Crippen MR) is 187 cm³/mol. The molecule has 0 aliphatic heterocycles. The molecular weight excluding hydrogens is 550 g/mol. The molecule has 0 saturated carbocycles. The molecule has 0 atom stereocenters. The second kappa shape index (κ2) is 10.3. The van der Waals surface area contributed by atoms with Crippen molar-refractivity contribution in [3.05, 3.63) is 164 Å². The molecule has 0 N–H and O–H groups in total. The van der Waals surface area contributed by atoms with Crippen molar-refractivity contribution in [2.75, 3.05) is 4.90 Å². The van der Waals surface area contributed by atoms with Crippen LogP contribution in [0.5, 0.6) is 0 Å². The molecule has 0 fully saturated rings. The molecule has 3 nitrogen and oxygen atoms in total. The van der Waals surface area contributed by atoms with Gasteiger partial charge in [0.2, 0.25) is 0 Å². The Hall–Kier alpha value is -6.06. The minimum atomic E-state index is -0.465. The summed E-state index contributed by atoms with van der Waals surface area (Å²) in [6.07, 6.45) is 0. The van der Waals surface area contributed by atoms with E-state index in [1.165, 1.54) is 0 Å². The lowest BCUT2D eigenvalue weighted by atomic mass is 10.0. The zero-order chi connectivity index (χ0) is 38.4. The molecule has 0 unspecified atom stereocenters. The fourth-order valence-electron chi connectivity index (χ4n) is 6.00. The van der Waals surface area contributed by atoms with Crippen molar-refractivity contribution >= 4 is 60.9 Å². The number of hydrogen-bond donors (Lipinski definition) is 0. The molecular formula is C42H27NO2. The minimum Gasteiger partial charge on any atom is -0.456 e. The van der Waals surface area contributed by atoms with Crippen molar-refractivity contribution in [1.82, 2.24) is 0 Å². The molecule has 0 bridgehead atoms. The Labute approximate surface area is 274 Å². The number of furan rings is 2. The monoisotopic (exact) mass is 587 g/mol. The van der Waals surface area contributed by atoms with Crippen molar-refractivity contribution < 1.29 is 22.5 Å². The van der Waals surface area contributed by atoms with Crippen LogP contribution in [0.4, 0.5) is 17.1 Å². The maximum atomic E-state index is 8.52. The third-order valence-electron chi connectivity index (χ3n) is 8.05. The van der Waals surface area contributed by atoms with Gasteiger partial charge in [-0.05, 0) is 70.8 Å². The normalized spacial score (nSPS) is 14.7. The molecule has 45 heavy (non-hydrogen) atoms. The van der Waals surface area contributed by atoms with Gasteiger partial charge in [0.1, 0.15) is 16.7 Å². The molecule has 7 aromatic carbocycles. The molecule has 0 radical (unpaired) electrons. The summed E-state index contributed by atoms with van der Waals surface area (Å²) < 4.78 is 95.8. The van der Waals surface area contributed by atoms with Gasteiger partial charge in [-0.15, -0.1) is 0 Å². The Kier molecular flexibility index (Phi) is 3.95. The molecule has 0 amide bonds. The molecule has 2 heterocycles. The summed E-state index contributed by atoms with van der Waals surface area (Å²) in [6, 6.07) is 27.7. The van der Waals surface area contributed by atoms with Gasteiger partial charge in [-0.2, -0.15) is 0 Å². The largest absolute Gasteiger partial charge is 0.456 e. The molecule has 0 aliphatic carbocycles. The van der Waals surface area contributed by atoms with E-state index in [-0.39, 0.29) is 35.3 Å². The minimum absolute atomic E-state index is 0.0859. The first kappa shape index (κ1) is 17.3. The third kappa shape index (κ3) is 4.21. The molecule has 0 spiro atoms. The number of rotatable bonds is 5. The summed E-state index contributed by atoms with van der Waals surface area (Å²) in [5.74, 6) is 0. The van der Waals surface area contributed by atoms with Gasteiger partial charge in [0.15, 0.2) is 5.58 Å². The van der Waals surface area contributed by atoms with Crippen molar-refractivity contribution in [3.8, 4) is 22.3 Å². The van der Waals surface area contributed by atoms with Gasteiger partial charge in [0.25, 0.3) is 0 Å². The van der Waals surface area contributed by atoms with Crippen LogP contribution in [0.1, 0.15) is 13.7 Å². The Morgan fingerprint density at radius 3 is 1.64 bits per heavy atom. The van der Waals surface area contributed by atoms with Crippen LogP contribution >= 0.6 is 0 Å². The first-order valence-corrected chi connectivity index (χ1v) is 14.4. The summed E-state index contributed by atoms with van der Waals surface area (Å²) in [5, 5.41) is 3.53. The Morgan fingerprint density at radius 1 is 0.422 bits per heavy atom. The Bertz CT molecular complexity index is 2870. The SMILES string of the molecule is [2H]c1c([2H])c([2H])c(-c2ccc(N(c3ccc(-c4c([2H])c([2H])c([2H])c([2H])c4[2H])cc3)c3cccc4c3oc3c4ccc4oc5ccccc5c43)cc2)c([2H])c1[2H]. The van der Waals surface area contributed by atoms with E-state index in [1.807, 2.05) is 59.5 Å². The topological polar surface area (TPSA) is 29.5 Å². The zero-order valence-electron chi connectivity index (χ0n) is 33.6. The van der Waals surface area contributed by atoms with Gasteiger partial charge in [0.05, 0.1) is 24.8 Å². The molecule has 212 valence electrons. The smallest absolute Gasteiger partial charge is 0.159 e. The van der Waals surface area contributed by atoms with Gasteiger partial charge in [-0.1, -0.05) is 115 Å². The molecule has 9 aromatic rings. The summed E-state index contributed by atoms with van der Waals surface area (Å²) in [7, 11) is 0. The summed E-state index contributed by atoms with van der Waals surface area (Å²) >= 11 is 0. The maximum absolute atomic E-state index is 8.52. The van der Waals surface area contributed by atoms with Crippen LogP contribution in [0.15, 0.2) is 172 Å². The van der Waals surface area contributed by atoms with Gasteiger partial charge in [-0.25, -0.2) is 0 Å². The molecule has 3 heteroatoms. The van der Waals surface area contributed by atoms with Crippen LogP contribution in [-0.4, -0.2) is 0 Å². The highest BCUT2D eigenvalue weighted by molar-refractivity contribution is 6.23. The van der Waals surface area contributed by atoms with Crippen LogP contribution in [-0.2, 0) is 0 Å². The van der Waals surface area contributed by atoms with Crippen molar-refractivity contribution in [3.63, 3.8) is 0 Å². The first-order valence-electron chi connectivity index (χ1n) is 19.4. The van der Waals surface area contributed by atoms with E-state index in [2.05, 4.69) is 0 Å². The van der Waals surface area contributed by atoms with Crippen LogP contribution in [0.25, 0.3) is 66.1 Å². The summed E-state index contributed by atoms with van der Waals surface area (Å²) in [5.41, 5.74) is 5.70. The highest BCUT2D eigenvalue weighted by Gasteiger charge is 2.22. The zero-order valence-corrected chi connectivity index (χ0v) is 23.6. The number of benzene rings is 7. The number of anilines is 3. The lowest BCUT2D eigenvalue weighted by molar-refractivity contribution is 0.663. The van der Waals surface area contributed by atoms with Crippen molar-refractivity contribution in [1.29, 1.82) is 0 Å². The highest BCUT2D eigenvalue weighted by Crippen LogP contribution is 2.45. The van der Waals surface area contributed by atoms with Gasteiger partial charge >= 0.3 is 0 Å². The van der Waals surface area contributed by atoms with E-state index in [0.717, 1.165) is 27.1 Å². The predicted octanol–water partition coefficient (Wildman–Crippen LogP) is 12.3. The highest BCUT2D eigenvalue weighted by atomic mass is 16.3. The average Bonchev–Trinajstić information content (AvgIpc) is 3.78. The van der Waals surface area contributed by atoms with E-state index >= 15 is 0 Å². The first-order chi connectivity index (χ1) is 26.5. The van der Waals surface area contributed by atoms with Crippen LogP contribution < -0.4 is 4.90 Å². The summed E-state index contributed by atoms with van der Waals surface area (Å²) in [6.45, 7) is 0. The average molecular weight is 588 g/mol. The van der Waals surface area contributed by atoms with E-state index in [9.17, 15) is 0 Å². The Balaban J connectivity index is 1.25. The second-order valence-electron chi connectivity index (χ2n) is 10.6. The van der Waals surface area contributed by atoms with Crippen LogP contribution in [0, 0.1) is 0 Å². The van der Waals surface area contributed by atoms with Crippen LogP contribution in [0.3, 0.4) is 0 Å². The number of hydrogen-bond acceptors (Lipinski definition) is 3. The fourth-order valence-corrected chi connectivity index (χ4v) is 6.00. The molecule has 9 rings (SSSR count). The quantitative estimate of drug-likeness (QED) is 0.201. The van der Waals surface area contributed by atoms with E-state index in [1.54, 1.807) is 48.5 Å². The lowest BCUT2D eigenvalue weighted by Crippen LogP contribution is -2.10. The third-order valence-corrected chi connectivity index (χ3v) is 8.05.